The molecule has 1 heterocycles. The summed E-state index contributed by atoms with van der Waals surface area (Å²) in [4.78, 5) is 7.94. The maximum Gasteiger partial charge on any atom is 0.167 e. The fourth-order valence-electron chi connectivity index (χ4n) is 3.38. The van der Waals surface area contributed by atoms with E-state index >= 15 is 0 Å². The van der Waals surface area contributed by atoms with E-state index in [1.54, 1.807) is 25.3 Å². The average molecular weight is 484 g/mol. The number of aromatic amines is 1. The molecule has 0 fully saturated rings. The molecule has 0 atom stereocenters. The molecule has 4 aromatic rings. The van der Waals surface area contributed by atoms with Crippen molar-refractivity contribution in [2.75, 3.05) is 13.7 Å². The Morgan fingerprint density at radius 2 is 1.87 bits per heavy atom. The number of para-hydroxylation sites is 2. The van der Waals surface area contributed by atoms with Gasteiger partial charge in [0.2, 0.25) is 0 Å². The molecule has 5 nitrogen and oxygen atoms in total. The number of ether oxygens (including phenoxy) is 2. The average Bonchev–Trinajstić information content (AvgIpc) is 3.20. The van der Waals surface area contributed by atoms with Crippen LogP contribution in [0.4, 0.5) is 4.39 Å². The van der Waals surface area contributed by atoms with Gasteiger partial charge in [-0.1, -0.05) is 46.3 Å². The van der Waals surface area contributed by atoms with Crippen LogP contribution in [-0.2, 0) is 19.6 Å². The Balaban J connectivity index is 1.43. The third kappa shape index (κ3) is 5.06. The second kappa shape index (κ2) is 9.94. The zero-order valence-corrected chi connectivity index (χ0v) is 18.7. The highest BCUT2D eigenvalue weighted by atomic mass is 79.9. The third-order valence-electron chi connectivity index (χ3n) is 5.00. The Morgan fingerprint density at radius 1 is 1.06 bits per heavy atom. The lowest BCUT2D eigenvalue weighted by Gasteiger charge is -2.17. The fraction of sp³-hybridized carbons (Fsp3) is 0.208. The molecule has 3 aromatic carbocycles. The number of H-pyrrole nitrogens is 1. The molecular weight excluding hydrogens is 461 g/mol. The van der Waals surface area contributed by atoms with Crippen LogP contribution in [0.15, 0.2) is 65.1 Å². The predicted octanol–water partition coefficient (Wildman–Crippen LogP) is 5.38. The number of fused-ring (bicyclic) bond motifs is 1. The van der Waals surface area contributed by atoms with Gasteiger partial charge in [0.1, 0.15) is 18.2 Å². The van der Waals surface area contributed by atoms with E-state index in [9.17, 15) is 4.39 Å². The van der Waals surface area contributed by atoms with Crippen molar-refractivity contribution < 1.29 is 13.9 Å². The van der Waals surface area contributed by atoms with Gasteiger partial charge in [0.15, 0.2) is 11.5 Å². The molecular formula is C24H23BrFN3O2. The molecule has 1 aromatic heterocycles. The van der Waals surface area contributed by atoms with Gasteiger partial charge >= 0.3 is 0 Å². The molecule has 0 aliphatic heterocycles. The Bertz CT molecular complexity index is 1150. The third-order valence-corrected chi connectivity index (χ3v) is 5.74. The van der Waals surface area contributed by atoms with E-state index in [0.717, 1.165) is 39.9 Å². The molecule has 0 saturated carbocycles. The number of benzene rings is 3. The zero-order valence-electron chi connectivity index (χ0n) is 17.1. The van der Waals surface area contributed by atoms with E-state index in [1.165, 1.54) is 6.07 Å². The molecule has 160 valence electrons. The molecule has 31 heavy (non-hydrogen) atoms. The van der Waals surface area contributed by atoms with Gasteiger partial charge in [-0.05, 0) is 30.3 Å². The van der Waals surface area contributed by atoms with Crippen LogP contribution in [0.1, 0.15) is 17.0 Å². The number of methoxy groups -OCH3 is 1. The van der Waals surface area contributed by atoms with Gasteiger partial charge in [-0.3, -0.25) is 0 Å². The summed E-state index contributed by atoms with van der Waals surface area (Å²) in [5.41, 5.74) is 3.42. The molecule has 2 N–H and O–H groups in total. The van der Waals surface area contributed by atoms with Crippen molar-refractivity contribution in [1.82, 2.24) is 15.3 Å². The lowest BCUT2D eigenvalue weighted by atomic mass is 10.1. The molecule has 0 saturated heterocycles. The van der Waals surface area contributed by atoms with Gasteiger partial charge in [-0.2, -0.15) is 0 Å². The largest absolute Gasteiger partial charge is 0.493 e. The maximum atomic E-state index is 14.0. The Hall–Kier alpha value is -2.90. The molecule has 4 rings (SSSR count). The molecule has 0 aliphatic rings. The van der Waals surface area contributed by atoms with Crippen molar-refractivity contribution in [3.63, 3.8) is 0 Å². The molecule has 0 unspecified atom stereocenters. The number of aromatic nitrogens is 2. The van der Waals surface area contributed by atoms with Crippen LogP contribution in [0, 0.1) is 5.82 Å². The van der Waals surface area contributed by atoms with Crippen LogP contribution in [0.5, 0.6) is 11.5 Å². The number of nitrogens with one attached hydrogen (secondary N) is 2. The first-order valence-corrected chi connectivity index (χ1v) is 10.8. The van der Waals surface area contributed by atoms with Crippen molar-refractivity contribution >= 4 is 27.0 Å². The first-order valence-electron chi connectivity index (χ1n) is 10.0. The van der Waals surface area contributed by atoms with E-state index in [4.69, 9.17) is 9.47 Å². The van der Waals surface area contributed by atoms with Gasteiger partial charge in [-0.15, -0.1) is 0 Å². The SMILES string of the molecule is COc1ccc(Br)c(CNCCc2nc3ccccc3[nH]2)c1OCc1ccccc1F. The quantitative estimate of drug-likeness (QED) is 0.313. The molecule has 0 bridgehead atoms. The van der Waals surface area contributed by atoms with E-state index in [-0.39, 0.29) is 12.4 Å². The minimum atomic E-state index is -0.290. The topological polar surface area (TPSA) is 59.2 Å². The van der Waals surface area contributed by atoms with E-state index in [0.29, 0.717) is 23.6 Å². The molecule has 0 radical (unpaired) electrons. The standard InChI is InChI=1S/C24H23BrFN3O2/c1-30-22-11-10-18(25)17(24(22)31-15-16-6-2-3-7-19(16)26)14-27-13-12-23-28-20-8-4-5-9-21(20)29-23/h2-11,27H,12-15H2,1H3,(H,28,29). The predicted molar refractivity (Wildman–Crippen MR) is 123 cm³/mol. The van der Waals surface area contributed by atoms with Gasteiger partial charge in [0, 0.05) is 35.1 Å². The lowest BCUT2D eigenvalue weighted by Crippen LogP contribution is -2.18. The van der Waals surface area contributed by atoms with E-state index in [2.05, 4.69) is 31.2 Å². The summed E-state index contributed by atoms with van der Waals surface area (Å²) < 4.78 is 26.4. The van der Waals surface area contributed by atoms with Crippen molar-refractivity contribution in [2.24, 2.45) is 0 Å². The molecule has 0 aliphatic carbocycles. The number of rotatable bonds is 9. The Kier molecular flexibility index (Phi) is 6.84. The molecule has 0 spiro atoms. The van der Waals surface area contributed by atoms with Crippen LogP contribution in [0.2, 0.25) is 0 Å². The van der Waals surface area contributed by atoms with Crippen LogP contribution >= 0.6 is 15.9 Å². The second-order valence-corrected chi connectivity index (χ2v) is 7.92. The van der Waals surface area contributed by atoms with E-state index in [1.807, 2.05) is 36.4 Å². The number of hydrogen-bond acceptors (Lipinski definition) is 4. The van der Waals surface area contributed by atoms with Crippen LogP contribution in [0.3, 0.4) is 0 Å². The lowest BCUT2D eigenvalue weighted by molar-refractivity contribution is 0.275. The van der Waals surface area contributed by atoms with Crippen molar-refractivity contribution in [3.8, 4) is 11.5 Å². The van der Waals surface area contributed by atoms with Crippen LogP contribution in [0.25, 0.3) is 11.0 Å². The number of imidazole rings is 1. The summed E-state index contributed by atoms with van der Waals surface area (Å²) in [6.45, 7) is 1.41. The molecule has 7 heteroatoms. The van der Waals surface area contributed by atoms with Crippen molar-refractivity contribution in [3.05, 3.63) is 87.9 Å². The first kappa shape index (κ1) is 21.3. The molecule has 0 amide bonds. The van der Waals surface area contributed by atoms with Gasteiger partial charge < -0.3 is 19.8 Å². The summed E-state index contributed by atoms with van der Waals surface area (Å²) in [7, 11) is 1.60. The highest BCUT2D eigenvalue weighted by molar-refractivity contribution is 9.10. The monoisotopic (exact) mass is 483 g/mol. The minimum absolute atomic E-state index is 0.117. The first-order chi connectivity index (χ1) is 15.2. The van der Waals surface area contributed by atoms with Gasteiger partial charge in [0.25, 0.3) is 0 Å². The van der Waals surface area contributed by atoms with E-state index < -0.39 is 0 Å². The summed E-state index contributed by atoms with van der Waals surface area (Å²) in [5, 5.41) is 3.44. The summed E-state index contributed by atoms with van der Waals surface area (Å²) in [6, 6.07) is 18.3. The fourth-order valence-corrected chi connectivity index (χ4v) is 3.83. The van der Waals surface area contributed by atoms with Crippen molar-refractivity contribution in [2.45, 2.75) is 19.6 Å². The Labute approximate surface area is 188 Å². The summed E-state index contributed by atoms with van der Waals surface area (Å²) in [5.74, 6) is 1.85. The highest BCUT2D eigenvalue weighted by Gasteiger charge is 2.15. The maximum absolute atomic E-state index is 14.0. The normalized spacial score (nSPS) is 11.1. The zero-order chi connectivity index (χ0) is 21.6. The number of nitrogens with zero attached hydrogens (tertiary/aromatic N) is 1. The minimum Gasteiger partial charge on any atom is -0.493 e. The van der Waals surface area contributed by atoms with Gasteiger partial charge in [-0.25, -0.2) is 9.37 Å². The van der Waals surface area contributed by atoms with Crippen LogP contribution < -0.4 is 14.8 Å². The number of hydrogen-bond donors (Lipinski definition) is 2. The summed E-state index contributed by atoms with van der Waals surface area (Å²) in [6.07, 6.45) is 0.766. The smallest absolute Gasteiger partial charge is 0.167 e. The van der Waals surface area contributed by atoms with Crippen LogP contribution in [-0.4, -0.2) is 23.6 Å². The second-order valence-electron chi connectivity index (χ2n) is 7.06. The Morgan fingerprint density at radius 3 is 2.68 bits per heavy atom. The van der Waals surface area contributed by atoms with Crippen molar-refractivity contribution in [1.29, 1.82) is 0 Å². The number of halogens is 2. The highest BCUT2D eigenvalue weighted by Crippen LogP contribution is 2.37. The summed E-state index contributed by atoms with van der Waals surface area (Å²) >= 11 is 3.60. The van der Waals surface area contributed by atoms with Gasteiger partial charge in [0.05, 0.1) is 18.1 Å².